The number of esters is 1. The molecule has 5 heteroatoms. The predicted octanol–water partition coefficient (Wildman–Crippen LogP) is 2.25. The molecule has 0 aliphatic carbocycles. The first-order valence-electron chi connectivity index (χ1n) is 4.43. The molecule has 1 aromatic carbocycles. The number of nitriles is 1. The van der Waals surface area contributed by atoms with Crippen LogP contribution in [0.5, 0.6) is 5.75 Å². The van der Waals surface area contributed by atoms with Crippen LogP contribution in [-0.2, 0) is 10.1 Å². The van der Waals surface area contributed by atoms with Crippen LogP contribution in [0.1, 0.15) is 21.5 Å². The maximum atomic E-state index is 11.5. The Labute approximate surface area is 102 Å². The lowest BCUT2D eigenvalue weighted by Gasteiger charge is -2.09. The third-order valence-corrected chi connectivity index (χ3v) is 2.70. The molecule has 0 radical (unpaired) electrons. The normalized spacial score (nSPS) is 9.38. The Kier molecular flexibility index (Phi) is 4.32. The largest absolute Gasteiger partial charge is 0.495 e. The molecule has 0 bridgehead atoms. The van der Waals surface area contributed by atoms with Crippen LogP contribution in [0, 0.1) is 11.3 Å². The Morgan fingerprint density at radius 3 is 2.62 bits per heavy atom. The van der Waals surface area contributed by atoms with Gasteiger partial charge in [-0.1, -0.05) is 15.9 Å². The number of hydrogen-bond acceptors (Lipinski definition) is 4. The molecule has 16 heavy (non-hydrogen) atoms. The molecule has 4 nitrogen and oxygen atoms in total. The summed E-state index contributed by atoms with van der Waals surface area (Å²) in [7, 11) is 2.73. The second-order valence-electron chi connectivity index (χ2n) is 2.96. The van der Waals surface area contributed by atoms with Crippen LogP contribution in [0.4, 0.5) is 0 Å². The van der Waals surface area contributed by atoms with Gasteiger partial charge < -0.3 is 9.47 Å². The van der Waals surface area contributed by atoms with Crippen molar-refractivity contribution >= 4 is 21.9 Å². The van der Waals surface area contributed by atoms with Gasteiger partial charge in [0.15, 0.2) is 0 Å². The molecule has 0 spiro atoms. The zero-order valence-corrected chi connectivity index (χ0v) is 10.5. The highest BCUT2D eigenvalue weighted by Gasteiger charge is 2.17. The molecule has 1 rings (SSSR count). The minimum absolute atomic E-state index is 0.194. The number of benzene rings is 1. The lowest BCUT2D eigenvalue weighted by Crippen LogP contribution is -2.06. The van der Waals surface area contributed by atoms with Gasteiger partial charge in [0.25, 0.3) is 0 Å². The summed E-state index contributed by atoms with van der Waals surface area (Å²) in [6, 6.07) is 5.26. The molecule has 0 aliphatic heterocycles. The van der Waals surface area contributed by atoms with Crippen LogP contribution >= 0.6 is 15.9 Å². The van der Waals surface area contributed by atoms with Gasteiger partial charge in [-0.3, -0.25) is 0 Å². The van der Waals surface area contributed by atoms with Gasteiger partial charge in [-0.05, 0) is 17.7 Å². The SMILES string of the molecule is COC(=O)c1cc(CBr)cc(OC)c1C#N. The lowest BCUT2D eigenvalue weighted by molar-refractivity contribution is 0.0600. The van der Waals surface area contributed by atoms with Gasteiger partial charge in [0, 0.05) is 5.33 Å². The fraction of sp³-hybridized carbons (Fsp3) is 0.273. The number of alkyl halides is 1. The van der Waals surface area contributed by atoms with Gasteiger partial charge in [-0.2, -0.15) is 5.26 Å². The quantitative estimate of drug-likeness (QED) is 0.631. The van der Waals surface area contributed by atoms with E-state index in [1.54, 1.807) is 12.1 Å². The summed E-state index contributed by atoms with van der Waals surface area (Å²) < 4.78 is 9.68. The van der Waals surface area contributed by atoms with E-state index in [4.69, 9.17) is 10.00 Å². The monoisotopic (exact) mass is 283 g/mol. The molecule has 0 amide bonds. The van der Waals surface area contributed by atoms with E-state index in [2.05, 4.69) is 20.7 Å². The molecular formula is C11H10BrNO3. The summed E-state index contributed by atoms with van der Waals surface area (Å²) in [6.07, 6.45) is 0. The third-order valence-electron chi connectivity index (χ3n) is 2.05. The van der Waals surface area contributed by atoms with Crippen molar-refractivity contribution in [1.29, 1.82) is 5.26 Å². The molecule has 0 fully saturated rings. The van der Waals surface area contributed by atoms with Crippen molar-refractivity contribution in [3.05, 3.63) is 28.8 Å². The summed E-state index contributed by atoms with van der Waals surface area (Å²) in [5.74, 6) is -0.169. The number of halogens is 1. The average molecular weight is 284 g/mol. The van der Waals surface area contributed by atoms with Crippen molar-refractivity contribution in [2.45, 2.75) is 5.33 Å². The van der Waals surface area contributed by atoms with Gasteiger partial charge in [0.1, 0.15) is 17.4 Å². The van der Waals surface area contributed by atoms with E-state index in [1.165, 1.54) is 14.2 Å². The van der Waals surface area contributed by atoms with Crippen LogP contribution in [-0.4, -0.2) is 20.2 Å². The van der Waals surface area contributed by atoms with Gasteiger partial charge in [0.05, 0.1) is 19.8 Å². The number of carbonyl (C=O) groups is 1. The van der Waals surface area contributed by atoms with Crippen LogP contribution in [0.15, 0.2) is 12.1 Å². The minimum atomic E-state index is -0.544. The Hall–Kier alpha value is -1.54. The Bertz CT molecular complexity index is 451. The highest BCUT2D eigenvalue weighted by molar-refractivity contribution is 9.08. The Morgan fingerprint density at radius 1 is 1.50 bits per heavy atom. The van der Waals surface area contributed by atoms with Crippen molar-refractivity contribution in [2.24, 2.45) is 0 Å². The molecular weight excluding hydrogens is 274 g/mol. The maximum Gasteiger partial charge on any atom is 0.339 e. The third kappa shape index (κ3) is 2.34. The summed E-state index contributed by atoms with van der Waals surface area (Å²) in [5.41, 5.74) is 1.26. The molecule has 0 saturated carbocycles. The van der Waals surface area contributed by atoms with E-state index in [9.17, 15) is 4.79 Å². The molecule has 84 valence electrons. The molecule has 0 N–H and O–H groups in total. The van der Waals surface area contributed by atoms with Crippen molar-refractivity contribution in [1.82, 2.24) is 0 Å². The first-order valence-corrected chi connectivity index (χ1v) is 5.55. The van der Waals surface area contributed by atoms with Crippen molar-refractivity contribution in [2.75, 3.05) is 14.2 Å². The summed E-state index contributed by atoms with van der Waals surface area (Å²) >= 11 is 3.28. The summed E-state index contributed by atoms with van der Waals surface area (Å²) in [5, 5.41) is 9.56. The van der Waals surface area contributed by atoms with Crippen molar-refractivity contribution in [3.63, 3.8) is 0 Å². The molecule has 0 atom stereocenters. The number of carbonyl (C=O) groups excluding carboxylic acids is 1. The van der Waals surface area contributed by atoms with Gasteiger partial charge in [-0.25, -0.2) is 4.79 Å². The Morgan fingerprint density at radius 2 is 2.19 bits per heavy atom. The van der Waals surface area contributed by atoms with Crippen LogP contribution in [0.3, 0.4) is 0 Å². The van der Waals surface area contributed by atoms with Crippen molar-refractivity contribution < 1.29 is 14.3 Å². The zero-order chi connectivity index (χ0) is 12.1. The van der Waals surface area contributed by atoms with E-state index in [-0.39, 0.29) is 11.1 Å². The minimum Gasteiger partial charge on any atom is -0.495 e. The summed E-state index contributed by atoms with van der Waals surface area (Å²) in [4.78, 5) is 11.5. The molecule has 0 saturated heterocycles. The number of ether oxygens (including phenoxy) is 2. The highest BCUT2D eigenvalue weighted by Crippen LogP contribution is 2.25. The van der Waals surface area contributed by atoms with Gasteiger partial charge >= 0.3 is 5.97 Å². The lowest BCUT2D eigenvalue weighted by atomic mass is 10.0. The van der Waals surface area contributed by atoms with E-state index < -0.39 is 5.97 Å². The van der Waals surface area contributed by atoms with Crippen molar-refractivity contribution in [3.8, 4) is 11.8 Å². The number of rotatable bonds is 3. The standard InChI is InChI=1S/C11H10BrNO3/c1-15-10-4-7(5-12)3-8(9(10)6-13)11(14)16-2/h3-4H,5H2,1-2H3. The maximum absolute atomic E-state index is 11.5. The second-order valence-corrected chi connectivity index (χ2v) is 3.52. The van der Waals surface area contributed by atoms with Gasteiger partial charge in [0.2, 0.25) is 0 Å². The Balaban J connectivity index is 3.44. The zero-order valence-electron chi connectivity index (χ0n) is 8.91. The topological polar surface area (TPSA) is 59.3 Å². The average Bonchev–Trinajstić information content (AvgIpc) is 2.35. The predicted molar refractivity (Wildman–Crippen MR) is 61.7 cm³/mol. The highest BCUT2D eigenvalue weighted by atomic mass is 79.9. The first kappa shape index (κ1) is 12.5. The fourth-order valence-electron chi connectivity index (χ4n) is 1.30. The second kappa shape index (κ2) is 5.52. The smallest absolute Gasteiger partial charge is 0.339 e. The van der Waals surface area contributed by atoms with Crippen LogP contribution in [0.25, 0.3) is 0 Å². The van der Waals surface area contributed by atoms with Gasteiger partial charge in [-0.15, -0.1) is 0 Å². The molecule has 0 unspecified atom stereocenters. The van der Waals surface area contributed by atoms with E-state index in [0.717, 1.165) is 5.56 Å². The number of methoxy groups -OCH3 is 2. The number of nitrogens with zero attached hydrogens (tertiary/aromatic N) is 1. The molecule has 1 aromatic rings. The number of hydrogen-bond donors (Lipinski definition) is 0. The molecule has 0 heterocycles. The van der Waals surface area contributed by atoms with Crippen LogP contribution in [0.2, 0.25) is 0 Å². The molecule has 0 aromatic heterocycles. The summed E-state index contributed by atoms with van der Waals surface area (Å²) in [6.45, 7) is 0. The van der Waals surface area contributed by atoms with E-state index in [0.29, 0.717) is 11.1 Å². The first-order chi connectivity index (χ1) is 7.67. The molecule has 0 aliphatic rings. The van der Waals surface area contributed by atoms with Crippen LogP contribution < -0.4 is 4.74 Å². The fourth-order valence-corrected chi connectivity index (χ4v) is 1.62. The van der Waals surface area contributed by atoms with E-state index >= 15 is 0 Å². The van der Waals surface area contributed by atoms with E-state index in [1.807, 2.05) is 6.07 Å².